The topological polar surface area (TPSA) is 95.9 Å². The zero-order valence-electron chi connectivity index (χ0n) is 40.3. The highest BCUT2D eigenvalue weighted by molar-refractivity contribution is 5.77. The van der Waals surface area contributed by atoms with Crippen molar-refractivity contribution in [2.24, 2.45) is 0 Å². The van der Waals surface area contributed by atoms with Crippen LogP contribution in [-0.2, 0) is 14.3 Å². The average molecular weight is 854 g/mol. The molecule has 0 aliphatic carbocycles. The Morgan fingerprint density at radius 1 is 0.475 bits per heavy atom. The first-order chi connectivity index (χ1) is 30.0. The Balaban J connectivity index is 4.57. The smallest absolute Gasteiger partial charge is 0.306 e. The zero-order valence-corrected chi connectivity index (χ0v) is 40.3. The highest BCUT2D eigenvalue weighted by atomic mass is 16.5. The zero-order chi connectivity index (χ0) is 44.5. The van der Waals surface area contributed by atoms with Crippen molar-refractivity contribution in [3.05, 3.63) is 60.8 Å². The molecule has 0 radical (unpaired) electrons. The molecular formula is C55H99NO5. The summed E-state index contributed by atoms with van der Waals surface area (Å²) in [5, 5.41) is 23.8. The van der Waals surface area contributed by atoms with Crippen molar-refractivity contribution >= 4 is 11.9 Å². The number of aliphatic hydroxyl groups is 2. The van der Waals surface area contributed by atoms with Gasteiger partial charge in [0.1, 0.15) is 6.10 Å². The molecule has 61 heavy (non-hydrogen) atoms. The summed E-state index contributed by atoms with van der Waals surface area (Å²) >= 11 is 0. The van der Waals surface area contributed by atoms with E-state index in [4.69, 9.17) is 4.74 Å². The van der Waals surface area contributed by atoms with Gasteiger partial charge in [0.25, 0.3) is 0 Å². The number of hydrogen-bond donors (Lipinski definition) is 3. The third-order valence-electron chi connectivity index (χ3n) is 11.7. The van der Waals surface area contributed by atoms with E-state index in [1.807, 2.05) is 24.3 Å². The SMILES string of the molecule is CCC/C=C/C=C/C=C/C=C/C=C/CCCCCCCC(=O)OC(CCCCCCCCCCCCC)CC(=O)NC(CO)C(O)CCCCCCCCCCCCCCC. The van der Waals surface area contributed by atoms with Crippen LogP contribution in [0.25, 0.3) is 0 Å². The maximum absolute atomic E-state index is 13.2. The minimum atomic E-state index is -0.791. The predicted molar refractivity (Wildman–Crippen MR) is 264 cm³/mol. The molecule has 0 heterocycles. The largest absolute Gasteiger partial charge is 0.462 e. The molecule has 6 nitrogen and oxygen atoms in total. The number of carbonyl (C=O) groups is 2. The lowest BCUT2D eigenvalue weighted by Gasteiger charge is -2.24. The Hall–Kier alpha value is -2.44. The van der Waals surface area contributed by atoms with Gasteiger partial charge in [-0.3, -0.25) is 9.59 Å². The van der Waals surface area contributed by atoms with Gasteiger partial charge in [0.05, 0.1) is 25.2 Å². The number of unbranched alkanes of at least 4 members (excludes halogenated alkanes) is 28. The summed E-state index contributed by atoms with van der Waals surface area (Å²) in [6, 6.07) is -0.706. The average Bonchev–Trinajstić information content (AvgIpc) is 3.25. The molecule has 0 aliphatic rings. The number of allylic oxidation sites excluding steroid dienone is 10. The second kappa shape index (κ2) is 48.6. The minimum Gasteiger partial charge on any atom is -0.462 e. The van der Waals surface area contributed by atoms with Crippen LogP contribution in [0, 0.1) is 0 Å². The van der Waals surface area contributed by atoms with Gasteiger partial charge in [-0.2, -0.15) is 0 Å². The maximum Gasteiger partial charge on any atom is 0.306 e. The quantitative estimate of drug-likeness (QED) is 0.0322. The van der Waals surface area contributed by atoms with Crippen molar-refractivity contribution in [1.82, 2.24) is 5.32 Å². The van der Waals surface area contributed by atoms with Crippen molar-refractivity contribution in [2.75, 3.05) is 6.61 Å². The highest BCUT2D eigenvalue weighted by Gasteiger charge is 2.24. The van der Waals surface area contributed by atoms with E-state index in [-0.39, 0.29) is 24.9 Å². The molecule has 3 N–H and O–H groups in total. The molecule has 0 bridgehead atoms. The first-order valence-electron chi connectivity index (χ1n) is 26.1. The molecule has 1 amide bonds. The van der Waals surface area contributed by atoms with Crippen molar-refractivity contribution in [3.8, 4) is 0 Å². The van der Waals surface area contributed by atoms with E-state index in [1.165, 1.54) is 128 Å². The first-order valence-corrected chi connectivity index (χ1v) is 26.1. The van der Waals surface area contributed by atoms with Crippen molar-refractivity contribution in [3.63, 3.8) is 0 Å². The van der Waals surface area contributed by atoms with Crippen molar-refractivity contribution in [2.45, 2.75) is 270 Å². The second-order valence-electron chi connectivity index (χ2n) is 17.7. The molecule has 0 rings (SSSR count). The molecule has 0 fully saturated rings. The third-order valence-corrected chi connectivity index (χ3v) is 11.7. The normalized spacial score (nSPS) is 13.7. The first kappa shape index (κ1) is 58.6. The summed E-state index contributed by atoms with van der Waals surface area (Å²) in [6.45, 7) is 6.39. The van der Waals surface area contributed by atoms with Gasteiger partial charge < -0.3 is 20.3 Å². The fourth-order valence-corrected chi connectivity index (χ4v) is 7.76. The van der Waals surface area contributed by atoms with Crippen LogP contribution >= 0.6 is 0 Å². The van der Waals surface area contributed by atoms with Crippen LogP contribution in [0.4, 0.5) is 0 Å². The molecule has 3 atom stereocenters. The fraction of sp³-hybridized carbons (Fsp3) is 0.782. The second-order valence-corrected chi connectivity index (χ2v) is 17.7. The Labute approximate surface area is 378 Å². The number of hydrogen-bond acceptors (Lipinski definition) is 5. The van der Waals surface area contributed by atoms with Crippen molar-refractivity contribution in [1.29, 1.82) is 0 Å². The van der Waals surface area contributed by atoms with E-state index >= 15 is 0 Å². The van der Waals surface area contributed by atoms with Gasteiger partial charge in [0.2, 0.25) is 5.91 Å². The highest BCUT2D eigenvalue weighted by Crippen LogP contribution is 2.18. The van der Waals surface area contributed by atoms with Crippen molar-refractivity contribution < 1.29 is 24.5 Å². The van der Waals surface area contributed by atoms with Crippen LogP contribution < -0.4 is 5.32 Å². The van der Waals surface area contributed by atoms with Crippen LogP contribution in [0.15, 0.2) is 60.8 Å². The lowest BCUT2D eigenvalue weighted by atomic mass is 10.0. The van der Waals surface area contributed by atoms with Crippen LogP contribution in [0.3, 0.4) is 0 Å². The summed E-state index contributed by atoms with van der Waals surface area (Å²) in [5.41, 5.74) is 0. The molecule has 0 aromatic carbocycles. The van der Waals surface area contributed by atoms with Crippen LogP contribution in [0.1, 0.15) is 252 Å². The summed E-state index contributed by atoms with van der Waals surface area (Å²) in [7, 11) is 0. The molecule has 354 valence electrons. The lowest BCUT2D eigenvalue weighted by Crippen LogP contribution is -2.46. The number of carbonyl (C=O) groups excluding carboxylic acids is 2. The van der Waals surface area contributed by atoms with E-state index in [0.29, 0.717) is 19.3 Å². The molecule has 6 heteroatoms. The van der Waals surface area contributed by atoms with Gasteiger partial charge in [0, 0.05) is 6.42 Å². The Bertz CT molecular complexity index is 1090. The number of amides is 1. The van der Waals surface area contributed by atoms with Gasteiger partial charge in [-0.1, -0.05) is 255 Å². The van der Waals surface area contributed by atoms with Gasteiger partial charge >= 0.3 is 5.97 Å². The summed E-state index contributed by atoms with van der Waals surface area (Å²) in [4.78, 5) is 26.1. The van der Waals surface area contributed by atoms with Crippen LogP contribution in [0.2, 0.25) is 0 Å². The van der Waals surface area contributed by atoms with Gasteiger partial charge in [-0.15, -0.1) is 0 Å². The third kappa shape index (κ3) is 44.0. The van der Waals surface area contributed by atoms with Gasteiger partial charge in [-0.25, -0.2) is 0 Å². The summed E-state index contributed by atoms with van der Waals surface area (Å²) < 4.78 is 5.92. The van der Waals surface area contributed by atoms with E-state index in [9.17, 15) is 19.8 Å². The molecule has 0 aromatic heterocycles. The summed E-state index contributed by atoms with van der Waals surface area (Å²) in [5.74, 6) is -0.498. The standard InChI is InChI=1S/C55H99NO5/c1-4-7-10-13-16-19-22-24-25-26-27-28-30-33-36-39-42-45-48-55(60)61-51(46-43-40-37-34-31-21-18-15-12-9-6-3)49-54(59)56-52(50-57)53(58)47-44-41-38-35-32-29-23-20-17-14-11-8-5-2/h10,13,16,19,22,24-28,51-53,57-58H,4-9,11-12,14-15,17-18,20-21,23,29-50H2,1-3H3,(H,56,59)/b13-10+,19-16+,24-22+,26-25+,28-27+. The number of rotatable bonds is 46. The number of nitrogens with one attached hydrogen (secondary N) is 1. The Morgan fingerprint density at radius 2 is 0.869 bits per heavy atom. The number of ether oxygens (including phenoxy) is 1. The molecule has 0 aliphatic heterocycles. The fourth-order valence-electron chi connectivity index (χ4n) is 7.76. The minimum absolute atomic E-state index is 0.0677. The van der Waals surface area contributed by atoms with Crippen LogP contribution in [0.5, 0.6) is 0 Å². The van der Waals surface area contributed by atoms with Gasteiger partial charge in [0.15, 0.2) is 0 Å². The molecular weight excluding hydrogens is 755 g/mol. The molecule has 0 saturated heterocycles. The van der Waals surface area contributed by atoms with E-state index in [1.54, 1.807) is 0 Å². The van der Waals surface area contributed by atoms with Gasteiger partial charge in [-0.05, 0) is 44.9 Å². The molecule has 3 unspecified atom stereocenters. The maximum atomic E-state index is 13.2. The molecule has 0 spiro atoms. The number of esters is 1. The molecule has 0 saturated carbocycles. The monoisotopic (exact) mass is 854 g/mol. The van der Waals surface area contributed by atoms with E-state index in [2.05, 4.69) is 62.5 Å². The summed E-state index contributed by atoms with van der Waals surface area (Å²) in [6.07, 6.45) is 59.8. The Kier molecular flexibility index (Phi) is 46.6. The predicted octanol–water partition coefficient (Wildman–Crippen LogP) is 15.6. The Morgan fingerprint density at radius 3 is 1.33 bits per heavy atom. The number of aliphatic hydroxyl groups excluding tert-OH is 2. The van der Waals surface area contributed by atoms with Crippen LogP contribution in [-0.4, -0.2) is 46.9 Å². The van der Waals surface area contributed by atoms with E-state index in [0.717, 1.165) is 77.0 Å². The van der Waals surface area contributed by atoms with E-state index < -0.39 is 18.2 Å². The molecule has 0 aromatic rings. The lowest BCUT2D eigenvalue weighted by molar-refractivity contribution is -0.151.